The molecule has 5 nitrogen and oxygen atoms in total. The van der Waals surface area contributed by atoms with Gasteiger partial charge in [0, 0.05) is 19.5 Å². The predicted octanol–water partition coefficient (Wildman–Crippen LogP) is 0.893. The fourth-order valence-corrected chi connectivity index (χ4v) is 3.59. The number of nitrogens with zero attached hydrogens (tertiary/aromatic N) is 1. The maximum Gasteiger partial charge on any atom is 0.242 e. The molecule has 1 aliphatic carbocycles. The highest BCUT2D eigenvalue weighted by atomic mass is 16.2. The van der Waals surface area contributed by atoms with Gasteiger partial charge in [-0.05, 0) is 57.0 Å². The molecule has 0 radical (unpaired) electrons. The molecule has 1 unspecified atom stereocenters. The summed E-state index contributed by atoms with van der Waals surface area (Å²) < 4.78 is 0. The van der Waals surface area contributed by atoms with E-state index in [0.717, 1.165) is 12.5 Å². The van der Waals surface area contributed by atoms with E-state index in [1.54, 1.807) is 0 Å². The van der Waals surface area contributed by atoms with Crippen LogP contribution in [0, 0.1) is 11.8 Å². The molecule has 0 spiro atoms. The van der Waals surface area contributed by atoms with Crippen LogP contribution in [-0.2, 0) is 9.59 Å². The van der Waals surface area contributed by atoms with Crippen molar-refractivity contribution in [3.63, 3.8) is 0 Å². The zero-order valence-electron chi connectivity index (χ0n) is 12.8. The monoisotopic (exact) mass is 293 g/mol. The lowest BCUT2D eigenvalue weighted by Gasteiger charge is -2.37. The van der Waals surface area contributed by atoms with Gasteiger partial charge >= 0.3 is 0 Å². The minimum Gasteiger partial charge on any atom is -0.354 e. The number of hydrogen-bond acceptors (Lipinski definition) is 3. The summed E-state index contributed by atoms with van der Waals surface area (Å²) in [6, 6.07) is -0.295. The predicted molar refractivity (Wildman–Crippen MR) is 80.7 cm³/mol. The molecule has 5 heteroatoms. The Kier molecular flexibility index (Phi) is 4.78. The van der Waals surface area contributed by atoms with Crippen LogP contribution in [0.5, 0.6) is 0 Å². The molecule has 0 bridgehead atoms. The number of amides is 2. The average Bonchev–Trinajstić information content (AvgIpc) is 2.88. The van der Waals surface area contributed by atoms with Crippen LogP contribution in [0.25, 0.3) is 0 Å². The smallest absolute Gasteiger partial charge is 0.242 e. The SMILES string of the molecule is O=C1CCC(C(=O)NCC2CCN(CC3CCC3)CC2)N1. The average molecular weight is 293 g/mol. The minimum atomic E-state index is -0.295. The summed E-state index contributed by atoms with van der Waals surface area (Å²) in [5.41, 5.74) is 0. The van der Waals surface area contributed by atoms with Crippen molar-refractivity contribution in [2.24, 2.45) is 11.8 Å². The first-order valence-corrected chi connectivity index (χ1v) is 8.50. The highest BCUT2D eigenvalue weighted by Crippen LogP contribution is 2.28. The second-order valence-electron chi connectivity index (χ2n) is 6.94. The number of hydrogen-bond donors (Lipinski definition) is 2. The molecule has 2 N–H and O–H groups in total. The molecular weight excluding hydrogens is 266 g/mol. The summed E-state index contributed by atoms with van der Waals surface area (Å²) in [7, 11) is 0. The Balaban J connectivity index is 1.31. The summed E-state index contributed by atoms with van der Waals surface area (Å²) in [5.74, 6) is 1.55. The summed E-state index contributed by atoms with van der Waals surface area (Å²) in [6.07, 6.45) is 7.76. The Morgan fingerprint density at radius 1 is 1.14 bits per heavy atom. The van der Waals surface area contributed by atoms with Gasteiger partial charge in [-0.15, -0.1) is 0 Å². The Morgan fingerprint density at radius 3 is 2.48 bits per heavy atom. The van der Waals surface area contributed by atoms with Crippen molar-refractivity contribution in [3.05, 3.63) is 0 Å². The molecule has 0 aromatic carbocycles. The Morgan fingerprint density at radius 2 is 1.90 bits per heavy atom. The lowest BCUT2D eigenvalue weighted by molar-refractivity contribution is -0.125. The standard InChI is InChI=1S/C16H27N3O2/c20-15-5-4-14(18-15)16(21)17-10-12-6-8-19(9-7-12)11-13-2-1-3-13/h12-14H,1-11H2,(H,17,21)(H,18,20). The van der Waals surface area contributed by atoms with Crippen LogP contribution in [0.1, 0.15) is 44.9 Å². The van der Waals surface area contributed by atoms with E-state index >= 15 is 0 Å². The Hall–Kier alpha value is -1.10. The van der Waals surface area contributed by atoms with Crippen molar-refractivity contribution in [2.75, 3.05) is 26.2 Å². The third kappa shape index (κ3) is 3.96. The fourth-order valence-electron chi connectivity index (χ4n) is 3.59. The van der Waals surface area contributed by atoms with Crippen molar-refractivity contribution in [1.29, 1.82) is 0 Å². The molecule has 2 heterocycles. The van der Waals surface area contributed by atoms with Crippen LogP contribution >= 0.6 is 0 Å². The summed E-state index contributed by atoms with van der Waals surface area (Å²) in [6.45, 7) is 4.41. The normalized spacial score (nSPS) is 28.2. The molecule has 1 saturated carbocycles. The number of nitrogens with one attached hydrogen (secondary N) is 2. The van der Waals surface area contributed by atoms with E-state index in [1.165, 1.54) is 51.7 Å². The molecule has 0 aromatic heterocycles. The van der Waals surface area contributed by atoms with Crippen molar-refractivity contribution in [2.45, 2.75) is 51.0 Å². The number of likely N-dealkylation sites (tertiary alicyclic amines) is 1. The van der Waals surface area contributed by atoms with Crippen LogP contribution in [0.4, 0.5) is 0 Å². The second kappa shape index (κ2) is 6.77. The van der Waals surface area contributed by atoms with Crippen LogP contribution < -0.4 is 10.6 Å². The van der Waals surface area contributed by atoms with E-state index in [-0.39, 0.29) is 17.9 Å². The topological polar surface area (TPSA) is 61.4 Å². The molecule has 2 saturated heterocycles. The second-order valence-corrected chi connectivity index (χ2v) is 6.94. The summed E-state index contributed by atoms with van der Waals surface area (Å²) in [4.78, 5) is 25.7. The number of carbonyl (C=O) groups is 2. The third-order valence-electron chi connectivity index (χ3n) is 5.33. The van der Waals surface area contributed by atoms with E-state index in [9.17, 15) is 9.59 Å². The quantitative estimate of drug-likeness (QED) is 0.791. The zero-order valence-corrected chi connectivity index (χ0v) is 12.8. The van der Waals surface area contributed by atoms with Crippen molar-refractivity contribution in [1.82, 2.24) is 15.5 Å². The molecule has 2 aliphatic heterocycles. The van der Waals surface area contributed by atoms with Gasteiger partial charge in [-0.3, -0.25) is 9.59 Å². The van der Waals surface area contributed by atoms with Gasteiger partial charge in [0.05, 0.1) is 0 Å². The first kappa shape index (κ1) is 14.8. The molecule has 3 fully saturated rings. The van der Waals surface area contributed by atoms with Crippen LogP contribution in [-0.4, -0.2) is 48.9 Å². The molecule has 0 aromatic rings. The van der Waals surface area contributed by atoms with Gasteiger partial charge in [0.1, 0.15) is 6.04 Å². The van der Waals surface area contributed by atoms with E-state index in [2.05, 4.69) is 15.5 Å². The van der Waals surface area contributed by atoms with Gasteiger partial charge in [-0.2, -0.15) is 0 Å². The van der Waals surface area contributed by atoms with Gasteiger partial charge < -0.3 is 15.5 Å². The zero-order chi connectivity index (χ0) is 14.7. The molecule has 3 aliphatic rings. The van der Waals surface area contributed by atoms with Crippen molar-refractivity contribution in [3.8, 4) is 0 Å². The van der Waals surface area contributed by atoms with Gasteiger partial charge in [0.2, 0.25) is 11.8 Å². The van der Waals surface area contributed by atoms with Crippen molar-refractivity contribution < 1.29 is 9.59 Å². The number of carbonyl (C=O) groups excluding carboxylic acids is 2. The number of piperidine rings is 1. The number of rotatable bonds is 5. The molecule has 21 heavy (non-hydrogen) atoms. The fraction of sp³-hybridized carbons (Fsp3) is 0.875. The van der Waals surface area contributed by atoms with E-state index < -0.39 is 0 Å². The van der Waals surface area contributed by atoms with E-state index in [1.807, 2.05) is 0 Å². The van der Waals surface area contributed by atoms with Crippen LogP contribution in [0.3, 0.4) is 0 Å². The maximum atomic E-state index is 12.0. The lowest BCUT2D eigenvalue weighted by Crippen LogP contribution is -2.45. The summed E-state index contributed by atoms with van der Waals surface area (Å²) >= 11 is 0. The van der Waals surface area contributed by atoms with E-state index in [4.69, 9.17) is 0 Å². The highest BCUT2D eigenvalue weighted by Gasteiger charge is 2.28. The van der Waals surface area contributed by atoms with Crippen LogP contribution in [0.2, 0.25) is 0 Å². The molecule has 1 atom stereocenters. The summed E-state index contributed by atoms with van der Waals surface area (Å²) in [5, 5.41) is 5.74. The van der Waals surface area contributed by atoms with Gasteiger partial charge in [0.25, 0.3) is 0 Å². The molecule has 118 valence electrons. The molecular formula is C16H27N3O2. The van der Waals surface area contributed by atoms with Crippen molar-refractivity contribution >= 4 is 11.8 Å². The first-order chi connectivity index (χ1) is 10.2. The first-order valence-electron chi connectivity index (χ1n) is 8.50. The Bertz CT molecular complexity index is 387. The van der Waals surface area contributed by atoms with Crippen LogP contribution in [0.15, 0.2) is 0 Å². The van der Waals surface area contributed by atoms with Gasteiger partial charge in [-0.25, -0.2) is 0 Å². The molecule has 2 amide bonds. The highest BCUT2D eigenvalue weighted by molar-refractivity contribution is 5.90. The molecule has 3 rings (SSSR count). The largest absolute Gasteiger partial charge is 0.354 e. The third-order valence-corrected chi connectivity index (χ3v) is 5.33. The maximum absolute atomic E-state index is 12.0. The van der Waals surface area contributed by atoms with E-state index in [0.29, 0.717) is 18.8 Å². The van der Waals surface area contributed by atoms with Gasteiger partial charge in [-0.1, -0.05) is 6.42 Å². The lowest BCUT2D eigenvalue weighted by atomic mass is 9.84. The Labute approximate surface area is 126 Å². The van der Waals surface area contributed by atoms with Gasteiger partial charge in [0.15, 0.2) is 0 Å². The minimum absolute atomic E-state index is 0.000507.